The highest BCUT2D eigenvalue weighted by Crippen LogP contribution is 2.24. The van der Waals surface area contributed by atoms with Crippen LogP contribution >= 0.6 is 0 Å². The van der Waals surface area contributed by atoms with E-state index < -0.39 is 0 Å². The second-order valence-corrected chi connectivity index (χ2v) is 3.15. The molecule has 0 aliphatic heterocycles. The quantitative estimate of drug-likeness (QED) is 0.540. The predicted octanol–water partition coefficient (Wildman–Crippen LogP) is 2.11. The van der Waals surface area contributed by atoms with E-state index in [2.05, 4.69) is 6.07 Å². The van der Waals surface area contributed by atoms with Crippen molar-refractivity contribution in [1.82, 2.24) is 0 Å². The molecule has 62 valence electrons. The lowest BCUT2D eigenvalue weighted by molar-refractivity contribution is 0.0659. The molecule has 0 aromatic rings. The summed E-state index contributed by atoms with van der Waals surface area (Å²) in [7, 11) is 1.71. The molecule has 1 saturated carbocycles. The summed E-state index contributed by atoms with van der Waals surface area (Å²) in [6, 6.07) is 2.32. The van der Waals surface area contributed by atoms with Gasteiger partial charge in [-0.05, 0) is 12.8 Å². The molecule has 0 heterocycles. The zero-order valence-electron chi connectivity index (χ0n) is 7.05. The van der Waals surface area contributed by atoms with Crippen molar-refractivity contribution in [2.45, 2.75) is 38.2 Å². The minimum Gasteiger partial charge on any atom is -0.380 e. The van der Waals surface area contributed by atoms with Crippen LogP contribution < -0.4 is 0 Å². The number of rotatable bonds is 1. The van der Waals surface area contributed by atoms with Gasteiger partial charge in [0.05, 0.1) is 18.1 Å². The van der Waals surface area contributed by atoms with E-state index in [1.165, 1.54) is 19.3 Å². The Hall–Kier alpha value is -0.550. The van der Waals surface area contributed by atoms with Crippen molar-refractivity contribution in [3.63, 3.8) is 0 Å². The lowest BCUT2D eigenvalue weighted by atomic mass is 9.99. The first-order valence-corrected chi connectivity index (χ1v) is 4.31. The molecule has 1 aliphatic carbocycles. The van der Waals surface area contributed by atoms with Crippen molar-refractivity contribution in [2.75, 3.05) is 7.11 Å². The lowest BCUT2D eigenvalue weighted by Crippen LogP contribution is -2.19. The minimum atomic E-state index is 0.141. The summed E-state index contributed by atoms with van der Waals surface area (Å²) >= 11 is 0. The van der Waals surface area contributed by atoms with Crippen LogP contribution in [0.2, 0.25) is 0 Å². The van der Waals surface area contributed by atoms with Gasteiger partial charge in [-0.1, -0.05) is 19.3 Å². The fourth-order valence-electron chi connectivity index (χ4n) is 1.70. The first kappa shape index (κ1) is 8.55. The van der Waals surface area contributed by atoms with Crippen molar-refractivity contribution >= 4 is 0 Å². The van der Waals surface area contributed by atoms with Gasteiger partial charge >= 0.3 is 0 Å². The van der Waals surface area contributed by atoms with Crippen molar-refractivity contribution in [1.29, 1.82) is 5.26 Å². The van der Waals surface area contributed by atoms with Crippen molar-refractivity contribution in [3.05, 3.63) is 0 Å². The molecule has 11 heavy (non-hydrogen) atoms. The van der Waals surface area contributed by atoms with Crippen LogP contribution in [0.15, 0.2) is 0 Å². The minimum absolute atomic E-state index is 0.141. The molecule has 2 atom stereocenters. The Labute approximate surface area is 68.2 Å². The third kappa shape index (κ3) is 2.20. The number of ether oxygens (including phenoxy) is 1. The number of hydrogen-bond acceptors (Lipinski definition) is 2. The molecule has 0 radical (unpaired) electrons. The maximum absolute atomic E-state index is 8.79. The van der Waals surface area contributed by atoms with Gasteiger partial charge in [0.2, 0.25) is 0 Å². The van der Waals surface area contributed by atoms with E-state index in [-0.39, 0.29) is 12.0 Å². The summed E-state index contributed by atoms with van der Waals surface area (Å²) in [4.78, 5) is 0. The first-order valence-electron chi connectivity index (χ1n) is 4.31. The fraction of sp³-hybridized carbons (Fsp3) is 0.889. The van der Waals surface area contributed by atoms with Crippen LogP contribution in [0, 0.1) is 17.2 Å². The molecule has 0 amide bonds. The van der Waals surface area contributed by atoms with E-state index in [1.807, 2.05) is 0 Å². The van der Waals surface area contributed by atoms with Gasteiger partial charge in [0.25, 0.3) is 0 Å². The predicted molar refractivity (Wildman–Crippen MR) is 43.0 cm³/mol. The summed E-state index contributed by atoms with van der Waals surface area (Å²) in [6.07, 6.45) is 5.96. The second-order valence-electron chi connectivity index (χ2n) is 3.15. The molecule has 1 aliphatic rings. The first-order chi connectivity index (χ1) is 5.38. The summed E-state index contributed by atoms with van der Waals surface area (Å²) in [5.41, 5.74) is 0. The third-order valence-corrected chi connectivity index (χ3v) is 2.42. The molecule has 0 aromatic heterocycles. The molecule has 0 bridgehead atoms. The van der Waals surface area contributed by atoms with Crippen molar-refractivity contribution in [2.24, 2.45) is 5.92 Å². The SMILES string of the molecule is COC1CCCCCC1C#N. The molecule has 2 unspecified atom stereocenters. The Morgan fingerprint density at radius 2 is 2.00 bits per heavy atom. The zero-order chi connectivity index (χ0) is 8.10. The lowest BCUT2D eigenvalue weighted by Gasteiger charge is -2.16. The number of nitrogens with zero attached hydrogens (tertiary/aromatic N) is 1. The number of methoxy groups -OCH3 is 1. The van der Waals surface area contributed by atoms with Gasteiger partial charge in [0.1, 0.15) is 0 Å². The van der Waals surface area contributed by atoms with Gasteiger partial charge in [-0.2, -0.15) is 5.26 Å². The molecule has 0 saturated heterocycles. The molecule has 0 N–H and O–H groups in total. The van der Waals surface area contributed by atoms with Crippen LogP contribution in [-0.4, -0.2) is 13.2 Å². The molecular weight excluding hydrogens is 138 g/mol. The Morgan fingerprint density at radius 1 is 1.27 bits per heavy atom. The smallest absolute Gasteiger partial charge is 0.0729 e. The summed E-state index contributed by atoms with van der Waals surface area (Å²) in [6.45, 7) is 0. The highest BCUT2D eigenvalue weighted by Gasteiger charge is 2.22. The van der Waals surface area contributed by atoms with Crippen LogP contribution in [0.4, 0.5) is 0 Å². The summed E-state index contributed by atoms with van der Waals surface area (Å²) in [5, 5.41) is 8.79. The fourth-order valence-corrected chi connectivity index (χ4v) is 1.70. The Kier molecular flexibility index (Phi) is 3.38. The van der Waals surface area contributed by atoms with Gasteiger partial charge in [-0.25, -0.2) is 0 Å². The molecule has 1 rings (SSSR count). The third-order valence-electron chi connectivity index (χ3n) is 2.42. The van der Waals surface area contributed by atoms with Gasteiger partial charge < -0.3 is 4.74 Å². The van der Waals surface area contributed by atoms with Crippen LogP contribution in [0.25, 0.3) is 0 Å². The maximum atomic E-state index is 8.79. The number of nitriles is 1. The van der Waals surface area contributed by atoms with Crippen molar-refractivity contribution in [3.8, 4) is 6.07 Å². The molecule has 0 aromatic carbocycles. The van der Waals surface area contributed by atoms with Gasteiger partial charge in [0.15, 0.2) is 0 Å². The van der Waals surface area contributed by atoms with E-state index >= 15 is 0 Å². The standard InChI is InChI=1S/C9H15NO/c1-11-9-6-4-2-3-5-8(9)7-10/h8-9H,2-6H2,1H3. The van der Waals surface area contributed by atoms with Crippen LogP contribution in [-0.2, 0) is 4.74 Å². The summed E-state index contributed by atoms with van der Waals surface area (Å²) < 4.78 is 5.25. The highest BCUT2D eigenvalue weighted by molar-refractivity contribution is 4.90. The Morgan fingerprint density at radius 3 is 2.64 bits per heavy atom. The average Bonchev–Trinajstić information content (AvgIpc) is 2.27. The van der Waals surface area contributed by atoms with Crippen LogP contribution in [0.5, 0.6) is 0 Å². The highest BCUT2D eigenvalue weighted by atomic mass is 16.5. The monoisotopic (exact) mass is 153 g/mol. The van der Waals surface area contributed by atoms with E-state index in [4.69, 9.17) is 10.00 Å². The van der Waals surface area contributed by atoms with E-state index in [0.717, 1.165) is 12.8 Å². The number of hydrogen-bond donors (Lipinski definition) is 0. The molecule has 0 spiro atoms. The second kappa shape index (κ2) is 4.35. The van der Waals surface area contributed by atoms with Gasteiger partial charge in [-0.3, -0.25) is 0 Å². The maximum Gasteiger partial charge on any atom is 0.0729 e. The van der Waals surface area contributed by atoms with Crippen LogP contribution in [0.1, 0.15) is 32.1 Å². The molecule has 2 nitrogen and oxygen atoms in total. The van der Waals surface area contributed by atoms with Crippen molar-refractivity contribution < 1.29 is 4.74 Å². The molecular formula is C9H15NO. The Bertz CT molecular complexity index is 150. The van der Waals surface area contributed by atoms with Gasteiger partial charge in [-0.15, -0.1) is 0 Å². The van der Waals surface area contributed by atoms with Crippen LogP contribution in [0.3, 0.4) is 0 Å². The molecule has 1 fully saturated rings. The largest absolute Gasteiger partial charge is 0.380 e. The summed E-state index contributed by atoms with van der Waals surface area (Å²) in [5.74, 6) is 0.141. The average molecular weight is 153 g/mol. The van der Waals surface area contributed by atoms with E-state index in [1.54, 1.807) is 7.11 Å². The topological polar surface area (TPSA) is 33.0 Å². The Balaban J connectivity index is 2.49. The van der Waals surface area contributed by atoms with E-state index in [0.29, 0.717) is 0 Å². The normalized spacial score (nSPS) is 32.4. The molecule has 2 heteroatoms. The van der Waals surface area contributed by atoms with E-state index in [9.17, 15) is 0 Å². The van der Waals surface area contributed by atoms with Gasteiger partial charge in [0, 0.05) is 7.11 Å². The zero-order valence-corrected chi connectivity index (χ0v) is 7.05.